The van der Waals surface area contributed by atoms with Gasteiger partial charge in [-0.15, -0.1) is 0 Å². The Labute approximate surface area is 454 Å². The molecule has 412 valence electrons. The van der Waals surface area contributed by atoms with Crippen molar-refractivity contribution in [1.29, 1.82) is 0 Å². The molecule has 0 spiro atoms. The van der Waals surface area contributed by atoms with E-state index in [0.717, 1.165) is 33.4 Å². The molecule has 0 fully saturated rings. The Balaban J connectivity index is 0.000000458. The molecule has 0 saturated heterocycles. The summed E-state index contributed by atoms with van der Waals surface area (Å²) in [5.74, 6) is 3.61. The van der Waals surface area contributed by atoms with Gasteiger partial charge in [0.2, 0.25) is 0 Å². The van der Waals surface area contributed by atoms with E-state index < -0.39 is 0 Å². The molecule has 76 heavy (non-hydrogen) atoms. The number of hydrogen-bond donors (Lipinski definition) is 5. The van der Waals surface area contributed by atoms with Crippen molar-refractivity contribution >= 4 is 23.3 Å². The van der Waals surface area contributed by atoms with Crippen LogP contribution < -0.4 is 4.74 Å². The Bertz CT molecular complexity index is 2510. The molecule has 6 rings (SSSR count). The summed E-state index contributed by atoms with van der Waals surface area (Å²) in [6.45, 7) is 31.6. The Hall–Kier alpha value is -7.20. The van der Waals surface area contributed by atoms with E-state index in [2.05, 4.69) is 41.5 Å². The molecule has 0 bridgehead atoms. The van der Waals surface area contributed by atoms with Crippen LogP contribution in [0.5, 0.6) is 34.5 Å². The van der Waals surface area contributed by atoms with Gasteiger partial charge in [0.05, 0.1) is 16.7 Å². The highest BCUT2D eigenvalue weighted by Crippen LogP contribution is 2.32. The minimum atomic E-state index is -0.182. The van der Waals surface area contributed by atoms with Crippen LogP contribution >= 0.6 is 0 Å². The second kappa shape index (κ2) is 34.4. The lowest BCUT2D eigenvalue weighted by atomic mass is 9.97. The maximum atomic E-state index is 11.4. The summed E-state index contributed by atoms with van der Waals surface area (Å²) in [7, 11) is 0. The molecule has 0 atom stereocenters. The molecule has 6 aromatic rings. The third-order valence-corrected chi connectivity index (χ3v) is 12.1. The molecule has 10 heteroatoms. The third kappa shape index (κ3) is 21.6. The maximum Gasteiger partial charge on any atom is 0.310 e. The van der Waals surface area contributed by atoms with Crippen LogP contribution in [0.1, 0.15) is 236 Å². The molecular weight excluding hydrogens is 953 g/mol. The van der Waals surface area contributed by atoms with Gasteiger partial charge in [-0.05, 0) is 105 Å². The van der Waals surface area contributed by atoms with E-state index in [9.17, 15) is 44.7 Å². The van der Waals surface area contributed by atoms with Crippen molar-refractivity contribution in [3.8, 4) is 34.5 Å². The molecule has 0 aromatic heterocycles. The van der Waals surface area contributed by atoms with Crippen LogP contribution in [0, 0.1) is 0 Å². The van der Waals surface area contributed by atoms with Crippen LogP contribution in [-0.4, -0.2) is 48.9 Å². The number of hydrogen-bond acceptors (Lipinski definition) is 10. The van der Waals surface area contributed by atoms with Gasteiger partial charge in [0.15, 0.2) is 17.3 Å². The lowest BCUT2D eigenvalue weighted by Gasteiger charge is -2.11. The van der Waals surface area contributed by atoms with Crippen LogP contribution in [0.4, 0.5) is 0 Å². The number of phenols is 5. The second-order valence-electron chi connectivity index (χ2n) is 20.0. The molecule has 0 aliphatic heterocycles. The molecule has 0 radical (unpaired) electrons. The quantitative estimate of drug-likeness (QED) is 0.0400. The predicted octanol–water partition coefficient (Wildman–Crippen LogP) is 17.5. The first-order valence-corrected chi connectivity index (χ1v) is 26.7. The number of esters is 1. The van der Waals surface area contributed by atoms with Gasteiger partial charge in [0.25, 0.3) is 0 Å². The molecule has 0 amide bonds. The molecule has 0 heterocycles. The van der Waals surface area contributed by atoms with Crippen molar-refractivity contribution < 1.29 is 49.4 Å². The number of aromatic hydroxyl groups is 5. The predicted molar refractivity (Wildman–Crippen MR) is 311 cm³/mol. The van der Waals surface area contributed by atoms with Crippen molar-refractivity contribution in [2.45, 2.75) is 172 Å². The summed E-state index contributed by atoms with van der Waals surface area (Å²) in [4.78, 5) is 45.5. The average Bonchev–Trinajstić information content (AvgIpc) is 3.39. The van der Waals surface area contributed by atoms with Gasteiger partial charge in [-0.3, -0.25) is 19.2 Å². The van der Waals surface area contributed by atoms with E-state index in [1.54, 1.807) is 58.0 Å². The monoisotopic (exact) mass is 1040 g/mol. The van der Waals surface area contributed by atoms with E-state index in [1.165, 1.54) is 0 Å². The van der Waals surface area contributed by atoms with E-state index in [-0.39, 0.29) is 58.3 Å². The van der Waals surface area contributed by atoms with Gasteiger partial charge < -0.3 is 30.3 Å². The molecule has 0 unspecified atom stereocenters. The molecule has 0 aliphatic carbocycles. The van der Waals surface area contributed by atoms with Crippen molar-refractivity contribution in [3.63, 3.8) is 0 Å². The second-order valence-corrected chi connectivity index (χ2v) is 20.0. The zero-order valence-corrected chi connectivity index (χ0v) is 48.2. The summed E-state index contributed by atoms with van der Waals surface area (Å²) < 4.78 is 5.22. The summed E-state index contributed by atoms with van der Waals surface area (Å²) >= 11 is 0. The minimum absolute atomic E-state index is 0.00926. The number of Topliss-reactive ketones (excluding diaryl/α,β-unsaturated/α-hetero) is 3. The Morgan fingerprint density at radius 3 is 0.816 bits per heavy atom. The first-order valence-electron chi connectivity index (χ1n) is 26.7. The van der Waals surface area contributed by atoms with Crippen LogP contribution in [0.25, 0.3) is 0 Å². The lowest BCUT2D eigenvalue weighted by Crippen LogP contribution is -2.07. The van der Waals surface area contributed by atoms with E-state index in [1.807, 2.05) is 139 Å². The summed E-state index contributed by atoms with van der Waals surface area (Å²) in [6, 6.07) is 38.6. The number of benzene rings is 6. The van der Waals surface area contributed by atoms with Crippen LogP contribution in [0.3, 0.4) is 0 Å². The number of phenolic OH excluding ortho intramolecular Hbond substituents is 5. The fourth-order valence-corrected chi connectivity index (χ4v) is 7.52. The molecule has 0 saturated carbocycles. The van der Waals surface area contributed by atoms with Crippen LogP contribution in [-0.2, 0) is 4.79 Å². The molecule has 6 aromatic carbocycles. The summed E-state index contributed by atoms with van der Waals surface area (Å²) in [6.07, 6.45) is 1.69. The fourth-order valence-electron chi connectivity index (χ4n) is 7.52. The van der Waals surface area contributed by atoms with Crippen molar-refractivity contribution in [1.82, 2.24) is 0 Å². The van der Waals surface area contributed by atoms with E-state index in [0.29, 0.717) is 77.4 Å². The van der Waals surface area contributed by atoms with E-state index in [4.69, 9.17) is 4.74 Å². The number of ether oxygens (including phenoxy) is 1. The smallest absolute Gasteiger partial charge is 0.310 e. The largest absolute Gasteiger partial charge is 0.508 e. The lowest BCUT2D eigenvalue weighted by molar-refractivity contribution is -0.134. The standard InChI is InChI=1S/4C12H16O2.2C9H12O/c1-4-12(13)14-11-8-6-5-7-10(11)9(2)3;3*1-4-11(13)10-7-5-6-9(8(2)3)12(10)14;2*1-7(2)8-5-3-4-6-9(8)10/h5-9H,4H2,1-3H3;3*5-8,14H,4H2,1-3H3;2*3-7,10H,1-2H3. The average molecular weight is 1040 g/mol. The zero-order valence-electron chi connectivity index (χ0n) is 48.2. The zero-order chi connectivity index (χ0) is 57.8. The van der Waals surface area contributed by atoms with Crippen LogP contribution in [0.2, 0.25) is 0 Å². The number of para-hydroxylation sites is 6. The van der Waals surface area contributed by atoms with Gasteiger partial charge in [-0.1, -0.05) is 202 Å². The maximum absolute atomic E-state index is 11.4. The number of ketones is 3. The molecule has 5 N–H and O–H groups in total. The Kier molecular flexibility index (Phi) is 30.2. The molecule has 10 nitrogen and oxygen atoms in total. The number of carbonyl (C=O) groups is 4. The topological polar surface area (TPSA) is 179 Å². The SMILES string of the molecule is CC(C)c1ccccc1O.CC(C)c1ccccc1O.CCC(=O)Oc1ccccc1C(C)C.CCC(=O)c1cccc(C(C)C)c1O.CCC(=O)c1cccc(C(C)C)c1O.CCC(=O)c1cccc(C(C)C)c1O. The third-order valence-electron chi connectivity index (χ3n) is 12.1. The Morgan fingerprint density at radius 2 is 0.579 bits per heavy atom. The fraction of sp³-hybridized carbons (Fsp3) is 0.394. The summed E-state index contributed by atoms with van der Waals surface area (Å²) in [5.41, 5.74) is 6.95. The van der Waals surface area contributed by atoms with Crippen molar-refractivity contribution in [2.24, 2.45) is 0 Å². The number of rotatable bonds is 14. The van der Waals surface area contributed by atoms with Gasteiger partial charge in [-0.25, -0.2) is 0 Å². The normalized spacial score (nSPS) is 10.4. The summed E-state index contributed by atoms with van der Waals surface area (Å²) in [5, 5.41) is 48.1. The van der Waals surface area contributed by atoms with Gasteiger partial charge in [0.1, 0.15) is 34.5 Å². The molecule has 0 aliphatic rings. The molecular formula is C66H88O10. The highest BCUT2D eigenvalue weighted by Gasteiger charge is 2.17. The van der Waals surface area contributed by atoms with Gasteiger partial charge in [-0.2, -0.15) is 0 Å². The highest BCUT2D eigenvalue weighted by molar-refractivity contribution is 6.00. The van der Waals surface area contributed by atoms with E-state index >= 15 is 0 Å². The van der Waals surface area contributed by atoms with Crippen molar-refractivity contribution in [3.05, 3.63) is 177 Å². The number of carbonyl (C=O) groups excluding carboxylic acids is 4. The minimum Gasteiger partial charge on any atom is -0.508 e. The van der Waals surface area contributed by atoms with Crippen molar-refractivity contribution in [2.75, 3.05) is 0 Å². The van der Waals surface area contributed by atoms with Gasteiger partial charge >= 0.3 is 5.97 Å². The first kappa shape index (κ1) is 66.8. The Morgan fingerprint density at radius 1 is 0.329 bits per heavy atom. The van der Waals surface area contributed by atoms with Gasteiger partial charge in [0, 0.05) is 25.7 Å². The highest BCUT2D eigenvalue weighted by atomic mass is 16.5. The first-order chi connectivity index (χ1) is 35.8. The van der Waals surface area contributed by atoms with Crippen LogP contribution in [0.15, 0.2) is 127 Å².